The molecule has 1 aliphatic heterocycles. The smallest absolute Gasteiger partial charge is 0.257 e. The normalized spacial score (nSPS) is 17.1. The molecule has 1 aliphatic rings. The van der Waals surface area contributed by atoms with Crippen molar-refractivity contribution in [3.63, 3.8) is 0 Å². The molecule has 1 aromatic rings. The highest BCUT2D eigenvalue weighted by Crippen LogP contribution is 2.14. The van der Waals surface area contributed by atoms with Crippen LogP contribution in [-0.2, 0) is 6.42 Å². The molecule has 5 heteroatoms. The van der Waals surface area contributed by atoms with Crippen LogP contribution >= 0.6 is 0 Å². The molecular formula is C12H19N3O2. The quantitative estimate of drug-likeness (QED) is 0.824. The second-order valence-corrected chi connectivity index (χ2v) is 4.41. The summed E-state index contributed by atoms with van der Waals surface area (Å²) >= 11 is 0. The average Bonchev–Trinajstić information content (AvgIpc) is 2.71. The number of hydrogen-bond acceptors (Lipinski definition) is 4. The van der Waals surface area contributed by atoms with Gasteiger partial charge in [0.15, 0.2) is 0 Å². The van der Waals surface area contributed by atoms with Gasteiger partial charge < -0.3 is 15.2 Å². The van der Waals surface area contributed by atoms with Crippen LogP contribution in [0.2, 0.25) is 0 Å². The molecule has 0 unspecified atom stereocenters. The van der Waals surface area contributed by atoms with E-state index in [2.05, 4.69) is 15.8 Å². The van der Waals surface area contributed by atoms with E-state index in [0.29, 0.717) is 17.7 Å². The fourth-order valence-corrected chi connectivity index (χ4v) is 2.17. The minimum absolute atomic E-state index is 0.0486. The zero-order valence-electron chi connectivity index (χ0n) is 10.4. The third-order valence-electron chi connectivity index (χ3n) is 3.17. The van der Waals surface area contributed by atoms with Crippen LogP contribution in [0.4, 0.5) is 0 Å². The van der Waals surface area contributed by atoms with Crippen LogP contribution in [0.3, 0.4) is 0 Å². The molecule has 0 atom stereocenters. The van der Waals surface area contributed by atoms with Crippen LogP contribution in [0.5, 0.6) is 0 Å². The van der Waals surface area contributed by atoms with Crippen LogP contribution in [0.25, 0.3) is 0 Å². The summed E-state index contributed by atoms with van der Waals surface area (Å²) in [5.74, 6) is 0.556. The summed E-state index contributed by atoms with van der Waals surface area (Å²) in [4.78, 5) is 12.1. The second-order valence-electron chi connectivity index (χ2n) is 4.41. The molecule has 0 spiro atoms. The largest absolute Gasteiger partial charge is 0.361 e. The molecule has 1 fully saturated rings. The van der Waals surface area contributed by atoms with E-state index in [4.69, 9.17) is 4.52 Å². The molecule has 2 rings (SSSR count). The van der Waals surface area contributed by atoms with Gasteiger partial charge in [0.1, 0.15) is 11.3 Å². The summed E-state index contributed by atoms with van der Waals surface area (Å²) < 4.78 is 5.07. The van der Waals surface area contributed by atoms with Gasteiger partial charge >= 0.3 is 0 Å². The van der Waals surface area contributed by atoms with Crippen LogP contribution in [0, 0.1) is 6.92 Å². The van der Waals surface area contributed by atoms with E-state index >= 15 is 0 Å². The number of nitrogens with one attached hydrogen (secondary N) is 2. The molecule has 0 saturated carbocycles. The van der Waals surface area contributed by atoms with Gasteiger partial charge in [-0.2, -0.15) is 0 Å². The summed E-state index contributed by atoms with van der Waals surface area (Å²) in [6, 6.07) is 0.266. The van der Waals surface area contributed by atoms with E-state index in [1.165, 1.54) is 0 Å². The number of piperidine rings is 1. The van der Waals surface area contributed by atoms with Gasteiger partial charge in [-0.05, 0) is 39.3 Å². The van der Waals surface area contributed by atoms with Crippen molar-refractivity contribution >= 4 is 5.91 Å². The molecule has 2 N–H and O–H groups in total. The lowest BCUT2D eigenvalue weighted by Gasteiger charge is -2.23. The summed E-state index contributed by atoms with van der Waals surface area (Å²) in [6.45, 7) is 5.69. The molecule has 2 heterocycles. The first-order chi connectivity index (χ1) is 8.22. The third-order valence-corrected chi connectivity index (χ3v) is 3.17. The van der Waals surface area contributed by atoms with E-state index in [1.54, 1.807) is 6.92 Å². The van der Waals surface area contributed by atoms with Crippen molar-refractivity contribution in [1.29, 1.82) is 0 Å². The molecular weight excluding hydrogens is 218 g/mol. The summed E-state index contributed by atoms with van der Waals surface area (Å²) in [7, 11) is 0. The lowest BCUT2D eigenvalue weighted by Crippen LogP contribution is -2.43. The predicted molar refractivity (Wildman–Crippen MR) is 64.0 cm³/mol. The Bertz CT molecular complexity index is 394. The Hall–Kier alpha value is -1.36. The van der Waals surface area contributed by atoms with Crippen LogP contribution in [0.15, 0.2) is 4.52 Å². The van der Waals surface area contributed by atoms with Gasteiger partial charge in [-0.3, -0.25) is 4.79 Å². The zero-order chi connectivity index (χ0) is 12.3. The third kappa shape index (κ3) is 2.66. The van der Waals surface area contributed by atoms with Gasteiger partial charge in [0.05, 0.1) is 5.69 Å². The molecule has 0 bridgehead atoms. The van der Waals surface area contributed by atoms with Crippen LogP contribution in [0.1, 0.15) is 41.6 Å². The number of amides is 1. The lowest BCUT2D eigenvalue weighted by molar-refractivity contribution is 0.0927. The number of rotatable bonds is 3. The molecule has 0 aliphatic carbocycles. The van der Waals surface area contributed by atoms with Gasteiger partial charge in [0.25, 0.3) is 5.91 Å². The highest BCUT2D eigenvalue weighted by molar-refractivity contribution is 5.96. The lowest BCUT2D eigenvalue weighted by atomic mass is 10.1. The molecule has 17 heavy (non-hydrogen) atoms. The van der Waals surface area contributed by atoms with Crippen molar-refractivity contribution in [1.82, 2.24) is 15.8 Å². The maximum atomic E-state index is 12.1. The van der Waals surface area contributed by atoms with E-state index in [0.717, 1.165) is 31.6 Å². The Morgan fingerprint density at radius 1 is 1.53 bits per heavy atom. The Labute approximate surface area is 101 Å². The number of carbonyl (C=O) groups is 1. The van der Waals surface area contributed by atoms with Crippen molar-refractivity contribution < 1.29 is 9.32 Å². The summed E-state index contributed by atoms with van der Waals surface area (Å²) in [5, 5.41) is 10.2. The number of aromatic nitrogens is 1. The van der Waals surface area contributed by atoms with Crippen LogP contribution in [-0.4, -0.2) is 30.2 Å². The monoisotopic (exact) mass is 237 g/mol. The molecule has 94 valence electrons. The zero-order valence-corrected chi connectivity index (χ0v) is 10.4. The van der Waals surface area contributed by atoms with Gasteiger partial charge in [-0.25, -0.2) is 0 Å². The van der Waals surface area contributed by atoms with Crippen molar-refractivity contribution in [3.05, 3.63) is 17.0 Å². The van der Waals surface area contributed by atoms with Crippen LogP contribution < -0.4 is 10.6 Å². The van der Waals surface area contributed by atoms with E-state index < -0.39 is 0 Å². The van der Waals surface area contributed by atoms with E-state index in [-0.39, 0.29) is 11.9 Å². The molecule has 1 amide bonds. The van der Waals surface area contributed by atoms with E-state index in [1.807, 2.05) is 6.92 Å². The fraction of sp³-hybridized carbons (Fsp3) is 0.667. The fourth-order valence-electron chi connectivity index (χ4n) is 2.17. The van der Waals surface area contributed by atoms with Crippen molar-refractivity contribution in [2.75, 3.05) is 13.1 Å². The molecule has 0 aromatic carbocycles. The maximum Gasteiger partial charge on any atom is 0.257 e. The first-order valence-corrected chi connectivity index (χ1v) is 6.19. The van der Waals surface area contributed by atoms with Gasteiger partial charge in [-0.1, -0.05) is 12.1 Å². The van der Waals surface area contributed by atoms with E-state index in [9.17, 15) is 4.79 Å². The number of hydrogen-bond donors (Lipinski definition) is 2. The Morgan fingerprint density at radius 3 is 2.88 bits per heavy atom. The topological polar surface area (TPSA) is 67.2 Å². The van der Waals surface area contributed by atoms with Gasteiger partial charge in [-0.15, -0.1) is 0 Å². The first-order valence-electron chi connectivity index (χ1n) is 6.19. The second kappa shape index (κ2) is 5.31. The Kier molecular flexibility index (Phi) is 3.78. The number of nitrogens with zero attached hydrogens (tertiary/aromatic N) is 1. The molecule has 1 aromatic heterocycles. The molecule has 1 saturated heterocycles. The highest BCUT2D eigenvalue weighted by Gasteiger charge is 2.22. The van der Waals surface area contributed by atoms with Gasteiger partial charge in [0.2, 0.25) is 0 Å². The summed E-state index contributed by atoms with van der Waals surface area (Å²) in [5.41, 5.74) is 1.36. The maximum absolute atomic E-state index is 12.1. The van der Waals surface area contributed by atoms with Crippen molar-refractivity contribution in [2.24, 2.45) is 0 Å². The van der Waals surface area contributed by atoms with Crippen molar-refractivity contribution in [3.8, 4) is 0 Å². The van der Waals surface area contributed by atoms with Gasteiger partial charge in [0, 0.05) is 6.04 Å². The predicted octanol–water partition coefficient (Wildman–Crippen LogP) is 1.03. The summed E-state index contributed by atoms with van der Waals surface area (Å²) in [6.07, 6.45) is 2.68. The first kappa shape index (κ1) is 12.1. The minimum Gasteiger partial charge on any atom is -0.361 e. The average molecular weight is 237 g/mol. The highest BCUT2D eigenvalue weighted by atomic mass is 16.5. The standard InChI is InChI=1S/C12H19N3O2/c1-3-10-11(8(2)17-15-10)12(16)14-9-4-6-13-7-5-9/h9,13H,3-7H2,1-2H3,(H,14,16). The van der Waals surface area contributed by atoms with Crippen molar-refractivity contribution in [2.45, 2.75) is 39.2 Å². The molecule has 0 radical (unpaired) electrons. The minimum atomic E-state index is -0.0486. The SMILES string of the molecule is CCc1noc(C)c1C(=O)NC1CCNCC1. The Balaban J connectivity index is 2.05. The Morgan fingerprint density at radius 2 is 2.24 bits per heavy atom. The molecule has 5 nitrogen and oxygen atoms in total. The number of aryl methyl sites for hydroxylation is 2. The number of carbonyl (C=O) groups excluding carboxylic acids is 1.